The molecule has 2 saturated heterocycles. The molecule has 6 aromatic rings. The van der Waals surface area contributed by atoms with E-state index >= 15 is 0 Å². The number of ether oxygens (including phenoxy) is 2. The number of hydrogen-bond donors (Lipinski definition) is 2. The fraction of sp³-hybridized carbons (Fsp3) is 0.333. The molecule has 2 aliphatic rings. The van der Waals surface area contributed by atoms with Crippen molar-refractivity contribution in [2.75, 3.05) is 26.2 Å². The van der Waals surface area contributed by atoms with E-state index in [9.17, 15) is 23.9 Å². The number of likely N-dealkylation sites (tertiary alicyclic amines) is 1. The molecule has 11 nitrogen and oxygen atoms in total. The van der Waals surface area contributed by atoms with E-state index in [2.05, 4.69) is 23.2 Å². The Bertz CT molecular complexity index is 2470. The first-order chi connectivity index (χ1) is 26.5. The number of nitriles is 1. The van der Waals surface area contributed by atoms with Crippen LogP contribution >= 0.6 is 0 Å². The Morgan fingerprint density at radius 1 is 1.02 bits per heavy atom. The lowest BCUT2D eigenvalue weighted by Gasteiger charge is -2.47. The summed E-state index contributed by atoms with van der Waals surface area (Å²) in [6.07, 6.45) is 1.51. The molecule has 13 heteroatoms. The first-order valence-electron chi connectivity index (χ1n) is 18.2. The number of aliphatic hydroxyl groups is 1. The van der Waals surface area contributed by atoms with Crippen LogP contribution in [0.1, 0.15) is 47.6 Å². The van der Waals surface area contributed by atoms with Gasteiger partial charge in [0.2, 0.25) is 11.8 Å². The highest BCUT2D eigenvalue weighted by Gasteiger charge is 2.38. The maximum atomic E-state index is 13.4. The Hall–Kier alpha value is -5.68. The molecule has 2 fully saturated rings. The lowest BCUT2D eigenvalue weighted by molar-refractivity contribution is -0.147. The Kier molecular flexibility index (Phi) is 9.58. The van der Waals surface area contributed by atoms with E-state index in [1.165, 1.54) is 6.07 Å². The molecule has 0 radical (unpaired) electrons. The Morgan fingerprint density at radius 3 is 2.33 bits per heavy atom. The lowest BCUT2D eigenvalue weighted by Crippen LogP contribution is -2.55. The van der Waals surface area contributed by atoms with Crippen molar-refractivity contribution in [3.63, 3.8) is 0 Å². The van der Waals surface area contributed by atoms with Gasteiger partial charge in [0.15, 0.2) is 11.2 Å². The molecule has 0 spiro atoms. The molecule has 8 rings (SSSR count). The number of aliphatic hydroxyl groups excluding tert-OH is 1. The van der Waals surface area contributed by atoms with Gasteiger partial charge in [-0.25, -0.2) is 9.97 Å². The third kappa shape index (κ3) is 7.04. The number of nitrogens with zero attached hydrogens (tertiary/aromatic N) is 4. The zero-order valence-corrected chi connectivity index (χ0v) is 30.6. The maximum Gasteiger partial charge on any atom is 0.387 e. The summed E-state index contributed by atoms with van der Waals surface area (Å²) in [6, 6.07) is 20.2. The van der Waals surface area contributed by atoms with Crippen LogP contribution in [-0.2, 0) is 22.7 Å². The van der Waals surface area contributed by atoms with E-state index in [0.717, 1.165) is 59.4 Å². The number of fused-ring (bicyclic) bond motifs is 2. The van der Waals surface area contributed by atoms with Crippen LogP contribution in [0.4, 0.5) is 8.78 Å². The third-order valence-corrected chi connectivity index (χ3v) is 10.6. The van der Waals surface area contributed by atoms with Gasteiger partial charge in [0.05, 0.1) is 12.2 Å². The number of benzene rings is 4. The zero-order chi connectivity index (χ0) is 38.4. The zero-order valence-electron chi connectivity index (χ0n) is 30.6. The molecule has 0 saturated carbocycles. The molecular formula is C42H39F2N5O6. The minimum absolute atomic E-state index is 0.0978. The molecule has 0 aliphatic carbocycles. The van der Waals surface area contributed by atoms with Gasteiger partial charge in [-0.2, -0.15) is 14.0 Å². The summed E-state index contributed by atoms with van der Waals surface area (Å²) in [5.41, 5.74) is 8.27. The number of hydrogen-bond acceptors (Lipinski definition) is 11. The van der Waals surface area contributed by atoms with E-state index in [-0.39, 0.29) is 41.4 Å². The first-order valence-corrected chi connectivity index (χ1v) is 18.2. The maximum absolute atomic E-state index is 13.4. The second kappa shape index (κ2) is 14.5. The number of esters is 1. The van der Waals surface area contributed by atoms with Gasteiger partial charge in [0.1, 0.15) is 35.5 Å². The van der Waals surface area contributed by atoms with Crippen molar-refractivity contribution in [2.24, 2.45) is 5.41 Å². The fourth-order valence-corrected chi connectivity index (χ4v) is 7.77. The van der Waals surface area contributed by atoms with Gasteiger partial charge in [0.25, 0.3) is 0 Å². The highest BCUT2D eigenvalue weighted by atomic mass is 19.3. The SMILES string of the molecule is Cc1c(-c2nc3cc(COC(=O)[C@@H]4CCCN4)c(OC(F)F)cc3o2)cccc1-c1cccc(-c2nc3cc(CN4CC(C)(CO)C4)cc(C#N)c3o2)c1C. The number of aromatic nitrogens is 2. The minimum Gasteiger partial charge on any atom is -0.460 e. The summed E-state index contributed by atoms with van der Waals surface area (Å²) in [6.45, 7) is 5.71. The Morgan fingerprint density at radius 2 is 1.69 bits per heavy atom. The first kappa shape index (κ1) is 36.3. The Balaban J connectivity index is 1.09. The highest BCUT2D eigenvalue weighted by molar-refractivity contribution is 5.86. The largest absolute Gasteiger partial charge is 0.460 e. The second-order valence-electron chi connectivity index (χ2n) is 14.8. The summed E-state index contributed by atoms with van der Waals surface area (Å²) < 4.78 is 49.5. The molecule has 55 heavy (non-hydrogen) atoms. The number of nitrogens with one attached hydrogen (secondary N) is 1. The average Bonchev–Trinajstić information content (AvgIpc) is 3.93. The van der Waals surface area contributed by atoms with Gasteiger partial charge in [0, 0.05) is 47.8 Å². The third-order valence-electron chi connectivity index (χ3n) is 10.6. The molecule has 0 amide bonds. The quantitative estimate of drug-likeness (QED) is 0.126. The second-order valence-corrected chi connectivity index (χ2v) is 14.8. The van der Waals surface area contributed by atoms with Crippen molar-refractivity contribution in [2.45, 2.75) is 59.4 Å². The monoisotopic (exact) mass is 747 g/mol. The van der Waals surface area contributed by atoms with Crippen LogP contribution in [0.25, 0.3) is 56.2 Å². The average molecular weight is 748 g/mol. The van der Waals surface area contributed by atoms with E-state index in [1.807, 2.05) is 62.4 Å². The molecule has 1 atom stereocenters. The number of carbonyl (C=O) groups is 1. The summed E-state index contributed by atoms with van der Waals surface area (Å²) in [5, 5.41) is 22.7. The van der Waals surface area contributed by atoms with Crippen LogP contribution in [0, 0.1) is 30.6 Å². The molecule has 282 valence electrons. The van der Waals surface area contributed by atoms with E-state index in [1.54, 1.807) is 6.07 Å². The van der Waals surface area contributed by atoms with Crippen molar-refractivity contribution < 1.29 is 37.0 Å². The molecule has 4 heterocycles. The van der Waals surface area contributed by atoms with Crippen LogP contribution in [0.2, 0.25) is 0 Å². The van der Waals surface area contributed by atoms with Gasteiger partial charge >= 0.3 is 12.6 Å². The molecule has 0 bridgehead atoms. The topological polar surface area (TPSA) is 147 Å². The summed E-state index contributed by atoms with van der Waals surface area (Å²) >= 11 is 0. The van der Waals surface area contributed by atoms with Gasteiger partial charge in [-0.3, -0.25) is 9.69 Å². The predicted molar refractivity (Wildman–Crippen MR) is 200 cm³/mol. The number of oxazole rings is 2. The fourth-order valence-electron chi connectivity index (χ4n) is 7.77. The van der Waals surface area contributed by atoms with Crippen molar-refractivity contribution >= 4 is 28.2 Å². The number of halogens is 2. The summed E-state index contributed by atoms with van der Waals surface area (Å²) in [4.78, 5) is 24.3. The van der Waals surface area contributed by atoms with Crippen LogP contribution in [0.15, 0.2) is 69.5 Å². The van der Waals surface area contributed by atoms with Crippen LogP contribution in [0.5, 0.6) is 5.75 Å². The Labute approximate surface area is 315 Å². The number of alkyl halides is 2. The van der Waals surface area contributed by atoms with E-state index in [4.69, 9.17) is 28.3 Å². The van der Waals surface area contributed by atoms with Crippen molar-refractivity contribution in [1.29, 1.82) is 5.26 Å². The summed E-state index contributed by atoms with van der Waals surface area (Å²) in [5.74, 6) is 0.0776. The van der Waals surface area contributed by atoms with E-state index < -0.39 is 18.6 Å². The van der Waals surface area contributed by atoms with Gasteiger partial charge in [-0.05, 0) is 91.4 Å². The molecular weight excluding hydrogens is 708 g/mol. The minimum atomic E-state index is -3.09. The predicted octanol–water partition coefficient (Wildman–Crippen LogP) is 7.67. The molecule has 2 N–H and O–H groups in total. The normalized spacial score (nSPS) is 16.8. The molecule has 0 unspecified atom stereocenters. The van der Waals surface area contributed by atoms with E-state index in [0.29, 0.717) is 46.6 Å². The number of carbonyl (C=O) groups excluding carboxylic acids is 1. The molecule has 2 aromatic heterocycles. The van der Waals surface area contributed by atoms with Gasteiger partial charge in [-0.1, -0.05) is 31.2 Å². The smallest absolute Gasteiger partial charge is 0.387 e. The summed E-state index contributed by atoms with van der Waals surface area (Å²) in [7, 11) is 0. The van der Waals surface area contributed by atoms with Crippen molar-refractivity contribution in [1.82, 2.24) is 20.2 Å². The lowest BCUT2D eigenvalue weighted by atomic mass is 9.82. The highest BCUT2D eigenvalue weighted by Crippen LogP contribution is 2.39. The standard InChI is InChI=1S/C42H39F2N5O6/c1-23-28(7-4-9-30(23)38-47-33-15-27(19-52-40(51)32-11-6-12-46-32)35(54-41(43)44)16-36(33)53-38)29-8-5-10-31(24(29)2)39-48-34-14-25(13-26(17-45)37(34)55-39)18-49-20-42(3,21-49)22-50/h4-5,7-10,13-16,32,41,46,50H,6,11-12,18-22H2,1-3H3/t32-/m0/s1. The van der Waals surface area contributed by atoms with Crippen molar-refractivity contribution in [3.8, 4) is 45.9 Å². The van der Waals surface area contributed by atoms with Crippen LogP contribution in [-0.4, -0.2) is 64.8 Å². The van der Waals surface area contributed by atoms with Gasteiger partial charge in [-0.15, -0.1) is 0 Å². The number of rotatable bonds is 11. The van der Waals surface area contributed by atoms with Crippen LogP contribution in [0.3, 0.4) is 0 Å². The van der Waals surface area contributed by atoms with Crippen molar-refractivity contribution in [3.05, 3.63) is 88.5 Å². The van der Waals surface area contributed by atoms with Crippen LogP contribution < -0.4 is 10.1 Å². The molecule has 2 aliphatic heterocycles. The molecule has 4 aromatic carbocycles. The van der Waals surface area contributed by atoms with Gasteiger partial charge < -0.3 is 28.7 Å².